The molecular weight excluding hydrogens is 345 g/mol. The van der Waals surface area contributed by atoms with E-state index in [1.807, 2.05) is 40.9 Å². The van der Waals surface area contributed by atoms with Crippen molar-refractivity contribution in [2.45, 2.75) is 26.6 Å². The van der Waals surface area contributed by atoms with E-state index in [0.717, 1.165) is 22.4 Å². The number of aromatic nitrogens is 2. The molecule has 1 aliphatic heterocycles. The smallest absolute Gasteiger partial charge is 0.254 e. The monoisotopic (exact) mass is 365 g/mol. The van der Waals surface area contributed by atoms with Crippen molar-refractivity contribution in [2.75, 3.05) is 7.11 Å². The van der Waals surface area contributed by atoms with E-state index in [9.17, 15) is 9.18 Å². The molecule has 0 saturated heterocycles. The Morgan fingerprint density at radius 1 is 1.19 bits per heavy atom. The standard InChI is InChI=1S/C21H20FN3O2/c1-14-18(4-3-5-20(14)27-2)21(26)24-12-16-10-23-25(19(16)13-24)11-15-6-8-17(22)9-7-15/h3-10H,11-13H2,1-2H3. The number of rotatable bonds is 4. The molecule has 0 saturated carbocycles. The van der Waals surface area contributed by atoms with Gasteiger partial charge >= 0.3 is 0 Å². The number of nitrogens with zero attached hydrogens (tertiary/aromatic N) is 3. The van der Waals surface area contributed by atoms with Crippen LogP contribution in [0.3, 0.4) is 0 Å². The Morgan fingerprint density at radius 2 is 1.96 bits per heavy atom. The van der Waals surface area contributed by atoms with Crippen molar-refractivity contribution >= 4 is 5.91 Å². The van der Waals surface area contributed by atoms with E-state index in [1.165, 1.54) is 12.1 Å². The van der Waals surface area contributed by atoms with Gasteiger partial charge in [0.05, 0.1) is 32.1 Å². The molecule has 4 rings (SSSR count). The van der Waals surface area contributed by atoms with Gasteiger partial charge in [-0.25, -0.2) is 4.39 Å². The van der Waals surface area contributed by atoms with Gasteiger partial charge < -0.3 is 9.64 Å². The Kier molecular flexibility index (Phi) is 4.39. The third-order valence-electron chi connectivity index (χ3n) is 5.00. The van der Waals surface area contributed by atoms with E-state index in [2.05, 4.69) is 5.10 Å². The maximum atomic E-state index is 13.1. The molecule has 27 heavy (non-hydrogen) atoms. The Morgan fingerprint density at radius 3 is 2.70 bits per heavy atom. The number of amides is 1. The molecule has 3 aromatic rings. The number of ether oxygens (including phenoxy) is 1. The van der Waals surface area contributed by atoms with Gasteiger partial charge in [-0.3, -0.25) is 9.48 Å². The van der Waals surface area contributed by atoms with Crippen molar-refractivity contribution < 1.29 is 13.9 Å². The van der Waals surface area contributed by atoms with E-state index < -0.39 is 0 Å². The zero-order valence-corrected chi connectivity index (χ0v) is 15.3. The van der Waals surface area contributed by atoms with Crippen molar-refractivity contribution in [3.05, 3.63) is 82.4 Å². The average molecular weight is 365 g/mol. The van der Waals surface area contributed by atoms with Crippen molar-refractivity contribution in [3.63, 3.8) is 0 Å². The third-order valence-corrected chi connectivity index (χ3v) is 5.00. The fraction of sp³-hybridized carbons (Fsp3) is 0.238. The SMILES string of the molecule is COc1cccc(C(=O)N2Cc3cnn(Cc4ccc(F)cc4)c3C2)c1C. The first-order valence-electron chi connectivity index (χ1n) is 8.77. The average Bonchev–Trinajstić information content (AvgIpc) is 3.25. The molecular formula is C21H20FN3O2. The van der Waals surface area contributed by atoms with E-state index >= 15 is 0 Å². The van der Waals surface area contributed by atoms with Crippen molar-refractivity contribution in [1.82, 2.24) is 14.7 Å². The third kappa shape index (κ3) is 3.18. The molecule has 1 amide bonds. The molecule has 2 heterocycles. The van der Waals surface area contributed by atoms with E-state index in [0.29, 0.717) is 30.9 Å². The Labute approximate surface area is 157 Å². The molecule has 0 radical (unpaired) electrons. The largest absolute Gasteiger partial charge is 0.496 e. The first kappa shape index (κ1) is 17.3. The molecule has 6 heteroatoms. The molecule has 0 spiro atoms. The summed E-state index contributed by atoms with van der Waals surface area (Å²) in [5.41, 5.74) is 4.53. The van der Waals surface area contributed by atoms with Crippen LogP contribution in [0.5, 0.6) is 5.75 Å². The number of fused-ring (bicyclic) bond motifs is 1. The lowest BCUT2D eigenvalue weighted by Crippen LogP contribution is -2.27. The highest BCUT2D eigenvalue weighted by atomic mass is 19.1. The maximum Gasteiger partial charge on any atom is 0.254 e. The zero-order valence-electron chi connectivity index (χ0n) is 15.3. The molecule has 0 atom stereocenters. The molecule has 0 N–H and O–H groups in total. The molecule has 0 fully saturated rings. The van der Waals surface area contributed by atoms with Gasteiger partial charge in [0.2, 0.25) is 0 Å². The van der Waals surface area contributed by atoms with Crippen LogP contribution < -0.4 is 4.74 Å². The lowest BCUT2D eigenvalue weighted by Gasteiger charge is -2.18. The van der Waals surface area contributed by atoms with E-state index in [4.69, 9.17) is 4.74 Å². The summed E-state index contributed by atoms with van der Waals surface area (Å²) in [7, 11) is 1.60. The minimum absolute atomic E-state index is 0.0177. The number of methoxy groups -OCH3 is 1. The predicted molar refractivity (Wildman–Crippen MR) is 99.0 cm³/mol. The summed E-state index contributed by atoms with van der Waals surface area (Å²) in [6.45, 7) is 3.49. The summed E-state index contributed by atoms with van der Waals surface area (Å²) >= 11 is 0. The highest BCUT2D eigenvalue weighted by molar-refractivity contribution is 5.96. The second-order valence-corrected chi connectivity index (χ2v) is 6.69. The van der Waals surface area contributed by atoms with Crippen LogP contribution in [0.2, 0.25) is 0 Å². The molecule has 138 valence electrons. The van der Waals surface area contributed by atoms with Gasteiger partial charge in [-0.1, -0.05) is 18.2 Å². The molecule has 2 aromatic carbocycles. The molecule has 0 aliphatic carbocycles. The highest BCUT2D eigenvalue weighted by Crippen LogP contribution is 2.28. The number of hydrogen-bond donors (Lipinski definition) is 0. The molecule has 5 nitrogen and oxygen atoms in total. The number of benzene rings is 2. The number of hydrogen-bond acceptors (Lipinski definition) is 3. The molecule has 1 aromatic heterocycles. The van der Waals surface area contributed by atoms with Crippen LogP contribution in [0.1, 0.15) is 32.7 Å². The minimum atomic E-state index is -0.255. The summed E-state index contributed by atoms with van der Waals surface area (Å²) in [4.78, 5) is 14.8. The fourth-order valence-electron chi connectivity index (χ4n) is 3.49. The van der Waals surface area contributed by atoms with Crippen LogP contribution in [-0.4, -0.2) is 27.7 Å². The topological polar surface area (TPSA) is 47.4 Å². The van der Waals surface area contributed by atoms with Crippen LogP contribution in [0, 0.1) is 12.7 Å². The van der Waals surface area contributed by atoms with Crippen molar-refractivity contribution in [2.24, 2.45) is 0 Å². The summed E-state index contributed by atoms with van der Waals surface area (Å²) < 4.78 is 20.3. The van der Waals surface area contributed by atoms with E-state index in [1.54, 1.807) is 19.2 Å². The number of carbonyl (C=O) groups excluding carboxylic acids is 1. The van der Waals surface area contributed by atoms with Gasteiger partial charge in [0.25, 0.3) is 5.91 Å². The zero-order chi connectivity index (χ0) is 19.0. The second kappa shape index (κ2) is 6.87. The maximum absolute atomic E-state index is 13.1. The molecule has 1 aliphatic rings. The van der Waals surface area contributed by atoms with Crippen LogP contribution in [0.25, 0.3) is 0 Å². The highest BCUT2D eigenvalue weighted by Gasteiger charge is 2.29. The van der Waals surface area contributed by atoms with Gasteiger partial charge in [-0.05, 0) is 36.8 Å². The minimum Gasteiger partial charge on any atom is -0.496 e. The first-order valence-corrected chi connectivity index (χ1v) is 8.77. The van der Waals surface area contributed by atoms with Gasteiger partial charge in [-0.15, -0.1) is 0 Å². The van der Waals surface area contributed by atoms with Gasteiger partial charge in [0, 0.05) is 23.2 Å². The lowest BCUT2D eigenvalue weighted by atomic mass is 10.1. The summed E-state index contributed by atoms with van der Waals surface area (Å²) in [6.07, 6.45) is 1.81. The first-order chi connectivity index (χ1) is 13.1. The van der Waals surface area contributed by atoms with Crippen LogP contribution in [0.4, 0.5) is 4.39 Å². The van der Waals surface area contributed by atoms with Crippen LogP contribution in [-0.2, 0) is 19.6 Å². The van der Waals surface area contributed by atoms with Gasteiger partial charge in [0.1, 0.15) is 11.6 Å². The van der Waals surface area contributed by atoms with Crippen molar-refractivity contribution in [3.8, 4) is 5.75 Å². The Balaban J connectivity index is 1.54. The predicted octanol–water partition coefficient (Wildman–Crippen LogP) is 3.54. The van der Waals surface area contributed by atoms with Crippen LogP contribution in [0.15, 0.2) is 48.7 Å². The normalized spacial score (nSPS) is 12.9. The number of halogens is 1. The second-order valence-electron chi connectivity index (χ2n) is 6.69. The van der Waals surface area contributed by atoms with Gasteiger partial charge in [-0.2, -0.15) is 5.10 Å². The summed E-state index contributed by atoms with van der Waals surface area (Å²) in [6, 6.07) is 11.9. The van der Waals surface area contributed by atoms with Crippen LogP contribution >= 0.6 is 0 Å². The summed E-state index contributed by atoms with van der Waals surface area (Å²) in [5, 5.41) is 4.43. The fourth-order valence-corrected chi connectivity index (χ4v) is 3.49. The number of carbonyl (C=O) groups is 1. The quantitative estimate of drug-likeness (QED) is 0.710. The Hall–Kier alpha value is -3.15. The summed E-state index contributed by atoms with van der Waals surface area (Å²) in [5.74, 6) is 0.436. The lowest BCUT2D eigenvalue weighted by molar-refractivity contribution is 0.0747. The Bertz CT molecular complexity index is 995. The van der Waals surface area contributed by atoms with Gasteiger partial charge in [0.15, 0.2) is 0 Å². The molecule has 0 bridgehead atoms. The molecule has 0 unspecified atom stereocenters. The van der Waals surface area contributed by atoms with E-state index in [-0.39, 0.29) is 11.7 Å². The van der Waals surface area contributed by atoms with Crippen molar-refractivity contribution in [1.29, 1.82) is 0 Å².